The van der Waals surface area contributed by atoms with Crippen molar-refractivity contribution in [3.63, 3.8) is 0 Å². The number of nitrogens with zero attached hydrogens (tertiary/aromatic N) is 1. The molecule has 0 unspecified atom stereocenters. The van der Waals surface area contributed by atoms with Gasteiger partial charge in [0.25, 0.3) is 0 Å². The number of ether oxygens (including phenoxy) is 1. The van der Waals surface area contributed by atoms with Gasteiger partial charge in [0.2, 0.25) is 0 Å². The quantitative estimate of drug-likeness (QED) is 0.905. The smallest absolute Gasteiger partial charge is 0.347 e. The van der Waals surface area contributed by atoms with Gasteiger partial charge in [0.05, 0.1) is 12.8 Å². The van der Waals surface area contributed by atoms with Crippen LogP contribution in [0, 0.1) is 0 Å². The van der Waals surface area contributed by atoms with Gasteiger partial charge in [-0.3, -0.25) is 0 Å². The molecule has 0 bridgehead atoms. The molecule has 0 fully saturated rings. The zero-order valence-corrected chi connectivity index (χ0v) is 10.0. The number of methoxy groups -OCH3 is 1. The highest BCUT2D eigenvalue weighted by Gasteiger charge is 2.09. The van der Waals surface area contributed by atoms with Crippen LogP contribution in [0.5, 0.6) is 0 Å². The highest BCUT2D eigenvalue weighted by Crippen LogP contribution is 2.25. The first-order chi connectivity index (χ1) is 8.20. The van der Waals surface area contributed by atoms with Gasteiger partial charge in [-0.05, 0) is 5.56 Å². The maximum absolute atomic E-state index is 10.7. The molecule has 1 heterocycles. The number of aromatic nitrogens is 1. The van der Waals surface area contributed by atoms with E-state index in [1.807, 2.05) is 24.3 Å². The molecule has 0 radical (unpaired) electrons. The normalized spacial score (nSPS) is 10.4. The number of hydrogen-bond donors (Lipinski definition) is 1. The first-order valence-corrected chi connectivity index (χ1v) is 5.79. The molecule has 0 saturated heterocycles. The minimum Gasteiger partial charge on any atom is -0.477 e. The number of carboxylic acids is 1. The van der Waals surface area contributed by atoms with E-state index in [0.29, 0.717) is 11.6 Å². The number of benzene rings is 1. The predicted octanol–water partition coefficient (Wildman–Crippen LogP) is 2.65. The summed E-state index contributed by atoms with van der Waals surface area (Å²) in [6, 6.07) is 7.72. The van der Waals surface area contributed by atoms with Gasteiger partial charge in [0.1, 0.15) is 9.88 Å². The van der Waals surface area contributed by atoms with Gasteiger partial charge in [0, 0.05) is 12.7 Å². The van der Waals surface area contributed by atoms with Crippen LogP contribution in [0.1, 0.15) is 15.2 Å². The van der Waals surface area contributed by atoms with Crippen molar-refractivity contribution >= 4 is 17.3 Å². The Morgan fingerprint density at radius 2 is 2.12 bits per heavy atom. The van der Waals surface area contributed by atoms with Crippen LogP contribution in [-0.4, -0.2) is 23.2 Å². The molecule has 88 valence electrons. The van der Waals surface area contributed by atoms with E-state index in [1.165, 1.54) is 17.5 Å². The van der Waals surface area contributed by atoms with Gasteiger partial charge in [-0.1, -0.05) is 24.3 Å². The van der Waals surface area contributed by atoms with E-state index < -0.39 is 5.97 Å². The van der Waals surface area contributed by atoms with Gasteiger partial charge >= 0.3 is 5.97 Å². The van der Waals surface area contributed by atoms with Crippen LogP contribution in [0.2, 0.25) is 0 Å². The molecule has 0 atom stereocenters. The number of carboxylic acid groups (broad SMARTS) is 1. The zero-order chi connectivity index (χ0) is 12.3. The summed E-state index contributed by atoms with van der Waals surface area (Å²) in [6.45, 7) is 0.568. The van der Waals surface area contributed by atoms with Crippen LogP contribution < -0.4 is 0 Å². The highest BCUT2D eigenvalue weighted by molar-refractivity contribution is 7.16. The minimum absolute atomic E-state index is 0.251. The third-order valence-corrected chi connectivity index (χ3v) is 3.26. The maximum Gasteiger partial charge on any atom is 0.347 e. The maximum atomic E-state index is 10.7. The zero-order valence-electron chi connectivity index (χ0n) is 9.21. The average molecular weight is 249 g/mol. The van der Waals surface area contributed by atoms with Crippen molar-refractivity contribution < 1.29 is 14.6 Å². The van der Waals surface area contributed by atoms with Crippen LogP contribution in [-0.2, 0) is 11.3 Å². The number of thiazole rings is 1. The van der Waals surface area contributed by atoms with Crippen LogP contribution in [0.15, 0.2) is 30.5 Å². The van der Waals surface area contributed by atoms with Crippen molar-refractivity contribution in [2.45, 2.75) is 6.61 Å². The number of carbonyl (C=O) groups is 1. The third-order valence-electron chi connectivity index (χ3n) is 2.23. The number of hydrogen-bond acceptors (Lipinski definition) is 4. The van der Waals surface area contributed by atoms with E-state index in [2.05, 4.69) is 4.98 Å². The number of aromatic carboxylic acids is 1. The summed E-state index contributed by atoms with van der Waals surface area (Å²) in [5.74, 6) is -0.940. The van der Waals surface area contributed by atoms with Crippen molar-refractivity contribution in [3.8, 4) is 10.6 Å². The molecular weight excluding hydrogens is 238 g/mol. The van der Waals surface area contributed by atoms with Crippen LogP contribution in [0.25, 0.3) is 10.6 Å². The van der Waals surface area contributed by atoms with Crippen molar-refractivity contribution in [1.29, 1.82) is 0 Å². The Labute approximate surface area is 103 Å². The third kappa shape index (κ3) is 2.69. The van der Waals surface area contributed by atoms with Gasteiger partial charge in [-0.25, -0.2) is 9.78 Å². The standard InChI is InChI=1S/C12H11NO3S/c1-16-7-8-2-4-9(5-3-8)11-13-6-10(17-11)12(14)15/h2-6H,7H2,1H3,(H,14,15). The summed E-state index contributed by atoms with van der Waals surface area (Å²) >= 11 is 1.17. The Bertz CT molecular complexity index is 519. The van der Waals surface area contributed by atoms with Gasteiger partial charge in [0.15, 0.2) is 0 Å². The molecule has 0 aliphatic rings. The fourth-order valence-electron chi connectivity index (χ4n) is 1.42. The van der Waals surface area contributed by atoms with Crippen molar-refractivity contribution in [2.75, 3.05) is 7.11 Å². The molecule has 0 saturated carbocycles. The lowest BCUT2D eigenvalue weighted by Crippen LogP contribution is -1.89. The van der Waals surface area contributed by atoms with Crippen LogP contribution in [0.4, 0.5) is 0 Å². The van der Waals surface area contributed by atoms with Gasteiger partial charge in [-0.2, -0.15) is 0 Å². The molecule has 1 aromatic carbocycles. The first-order valence-electron chi connectivity index (χ1n) is 4.98. The van der Waals surface area contributed by atoms with Crippen molar-refractivity contribution in [3.05, 3.63) is 40.9 Å². The van der Waals surface area contributed by atoms with Crippen LogP contribution >= 0.6 is 11.3 Å². The molecule has 1 aromatic heterocycles. The average Bonchev–Trinajstić information content (AvgIpc) is 2.80. The Balaban J connectivity index is 2.23. The molecular formula is C12H11NO3S. The number of rotatable bonds is 4. The summed E-state index contributed by atoms with van der Waals surface area (Å²) in [4.78, 5) is 15.1. The lowest BCUT2D eigenvalue weighted by molar-refractivity contribution is 0.0702. The Kier molecular flexibility index (Phi) is 3.51. The summed E-state index contributed by atoms with van der Waals surface area (Å²) in [6.07, 6.45) is 1.38. The molecule has 1 N–H and O–H groups in total. The second kappa shape index (κ2) is 5.07. The first kappa shape index (κ1) is 11.8. The second-order valence-corrected chi connectivity index (χ2v) is 4.50. The van der Waals surface area contributed by atoms with E-state index in [4.69, 9.17) is 9.84 Å². The molecule has 2 aromatic rings. The summed E-state index contributed by atoms with van der Waals surface area (Å²) in [5.41, 5.74) is 1.99. The summed E-state index contributed by atoms with van der Waals surface area (Å²) in [5, 5.41) is 9.53. The Morgan fingerprint density at radius 1 is 1.41 bits per heavy atom. The van der Waals surface area contributed by atoms with Crippen molar-refractivity contribution in [2.24, 2.45) is 0 Å². The molecule has 5 heteroatoms. The molecule has 2 rings (SSSR count). The fraction of sp³-hybridized carbons (Fsp3) is 0.167. The molecule has 17 heavy (non-hydrogen) atoms. The predicted molar refractivity (Wildman–Crippen MR) is 65.2 cm³/mol. The SMILES string of the molecule is COCc1ccc(-c2ncc(C(=O)O)s2)cc1. The molecule has 4 nitrogen and oxygen atoms in total. The lowest BCUT2D eigenvalue weighted by atomic mass is 10.1. The van der Waals surface area contributed by atoms with Crippen molar-refractivity contribution in [1.82, 2.24) is 4.98 Å². The molecule has 0 aliphatic carbocycles. The topological polar surface area (TPSA) is 59.4 Å². The highest BCUT2D eigenvalue weighted by atomic mass is 32.1. The molecule has 0 amide bonds. The molecule has 0 aliphatic heterocycles. The minimum atomic E-state index is -0.940. The van der Waals surface area contributed by atoms with E-state index >= 15 is 0 Å². The summed E-state index contributed by atoms with van der Waals surface area (Å²) in [7, 11) is 1.65. The fourth-order valence-corrected chi connectivity index (χ4v) is 2.18. The van der Waals surface area contributed by atoms with E-state index in [-0.39, 0.29) is 4.88 Å². The summed E-state index contributed by atoms with van der Waals surface area (Å²) < 4.78 is 5.02. The van der Waals surface area contributed by atoms with E-state index in [0.717, 1.165) is 11.1 Å². The Morgan fingerprint density at radius 3 is 2.65 bits per heavy atom. The van der Waals surface area contributed by atoms with Gasteiger partial charge < -0.3 is 9.84 Å². The molecule has 0 spiro atoms. The lowest BCUT2D eigenvalue weighted by Gasteiger charge is -2.00. The van der Waals surface area contributed by atoms with Gasteiger partial charge in [-0.15, -0.1) is 11.3 Å². The van der Waals surface area contributed by atoms with Crippen LogP contribution in [0.3, 0.4) is 0 Å². The monoisotopic (exact) mass is 249 g/mol. The second-order valence-electron chi connectivity index (χ2n) is 3.46. The Hall–Kier alpha value is -1.72. The van der Waals surface area contributed by atoms with E-state index in [9.17, 15) is 4.79 Å². The largest absolute Gasteiger partial charge is 0.477 e. The van der Waals surface area contributed by atoms with E-state index in [1.54, 1.807) is 7.11 Å².